The molecule has 0 aliphatic rings. The first-order chi connectivity index (χ1) is 9.60. The van der Waals surface area contributed by atoms with E-state index in [2.05, 4.69) is 11.1 Å². The molecule has 2 aromatic rings. The fourth-order valence-corrected chi connectivity index (χ4v) is 1.93. The standard InChI is InChI=1S/C16H14N2O2/c1-11(16(19)20)6-12-2-4-14(5-3-12)15-7-13(8-17)9-18-10-15/h2-5,7,9-11H,6H2,1H3,(H,19,20). The van der Waals surface area contributed by atoms with Gasteiger partial charge >= 0.3 is 5.97 Å². The Morgan fingerprint density at radius 1 is 1.30 bits per heavy atom. The molecule has 0 radical (unpaired) electrons. The first-order valence-corrected chi connectivity index (χ1v) is 6.27. The maximum Gasteiger partial charge on any atom is 0.306 e. The molecule has 0 aliphatic heterocycles. The third-order valence-corrected chi connectivity index (χ3v) is 3.12. The summed E-state index contributed by atoms with van der Waals surface area (Å²) in [7, 11) is 0. The maximum absolute atomic E-state index is 10.8. The molecule has 1 unspecified atom stereocenters. The van der Waals surface area contributed by atoms with E-state index < -0.39 is 11.9 Å². The number of hydrogen-bond donors (Lipinski definition) is 1. The molecule has 1 aromatic carbocycles. The molecule has 100 valence electrons. The number of carboxylic acids is 1. The minimum atomic E-state index is -0.792. The molecule has 0 bridgehead atoms. The van der Waals surface area contributed by atoms with Crippen LogP contribution in [0, 0.1) is 17.2 Å². The molecular formula is C16H14N2O2. The summed E-state index contributed by atoms with van der Waals surface area (Å²) in [6.07, 6.45) is 3.73. The van der Waals surface area contributed by atoms with Gasteiger partial charge in [0.15, 0.2) is 0 Å². The van der Waals surface area contributed by atoms with Crippen LogP contribution in [0.1, 0.15) is 18.1 Å². The van der Waals surface area contributed by atoms with Gasteiger partial charge in [-0.1, -0.05) is 31.2 Å². The fourth-order valence-electron chi connectivity index (χ4n) is 1.93. The second-order valence-electron chi connectivity index (χ2n) is 4.71. The molecule has 1 aromatic heterocycles. The van der Waals surface area contributed by atoms with Gasteiger partial charge in [-0.05, 0) is 23.6 Å². The number of hydrogen-bond acceptors (Lipinski definition) is 3. The average Bonchev–Trinajstić information content (AvgIpc) is 2.48. The van der Waals surface area contributed by atoms with Crippen LogP contribution in [0.25, 0.3) is 11.1 Å². The van der Waals surface area contributed by atoms with Gasteiger partial charge < -0.3 is 5.11 Å². The van der Waals surface area contributed by atoms with Crippen LogP contribution in [-0.2, 0) is 11.2 Å². The van der Waals surface area contributed by atoms with Gasteiger partial charge in [-0.15, -0.1) is 0 Å². The maximum atomic E-state index is 10.8. The lowest BCUT2D eigenvalue weighted by Gasteiger charge is -2.07. The zero-order valence-corrected chi connectivity index (χ0v) is 11.1. The number of nitriles is 1. The zero-order chi connectivity index (χ0) is 14.5. The summed E-state index contributed by atoms with van der Waals surface area (Å²) in [6, 6.07) is 11.5. The van der Waals surface area contributed by atoms with Gasteiger partial charge in [0.2, 0.25) is 0 Å². The minimum absolute atomic E-state index is 0.399. The van der Waals surface area contributed by atoms with Gasteiger partial charge in [0.25, 0.3) is 0 Å². The van der Waals surface area contributed by atoms with Crippen molar-refractivity contribution >= 4 is 5.97 Å². The first-order valence-electron chi connectivity index (χ1n) is 6.27. The number of carboxylic acid groups (broad SMARTS) is 1. The highest BCUT2D eigenvalue weighted by Crippen LogP contribution is 2.20. The van der Waals surface area contributed by atoms with Crippen molar-refractivity contribution in [3.05, 3.63) is 53.9 Å². The molecule has 0 aliphatic carbocycles. The lowest BCUT2D eigenvalue weighted by atomic mass is 9.98. The number of benzene rings is 1. The molecule has 0 fully saturated rings. The Morgan fingerprint density at radius 2 is 2.00 bits per heavy atom. The molecule has 1 heterocycles. The van der Waals surface area contributed by atoms with E-state index in [4.69, 9.17) is 10.4 Å². The van der Waals surface area contributed by atoms with Crippen molar-refractivity contribution in [2.75, 3.05) is 0 Å². The van der Waals surface area contributed by atoms with Crippen molar-refractivity contribution in [3.63, 3.8) is 0 Å². The molecule has 4 nitrogen and oxygen atoms in total. The molecule has 1 atom stereocenters. The summed E-state index contributed by atoms with van der Waals surface area (Å²) in [4.78, 5) is 14.8. The molecule has 20 heavy (non-hydrogen) atoms. The van der Waals surface area contributed by atoms with E-state index in [9.17, 15) is 4.79 Å². The topological polar surface area (TPSA) is 74.0 Å². The predicted molar refractivity (Wildman–Crippen MR) is 74.9 cm³/mol. The highest BCUT2D eigenvalue weighted by Gasteiger charge is 2.11. The van der Waals surface area contributed by atoms with Crippen LogP contribution in [0.3, 0.4) is 0 Å². The molecule has 2 rings (SSSR count). The zero-order valence-electron chi connectivity index (χ0n) is 11.1. The Hall–Kier alpha value is -2.67. The second-order valence-corrected chi connectivity index (χ2v) is 4.71. The summed E-state index contributed by atoms with van der Waals surface area (Å²) < 4.78 is 0. The summed E-state index contributed by atoms with van der Waals surface area (Å²) in [6.45, 7) is 1.69. The van der Waals surface area contributed by atoms with Crippen molar-refractivity contribution in [2.45, 2.75) is 13.3 Å². The van der Waals surface area contributed by atoms with E-state index in [0.717, 1.165) is 16.7 Å². The average molecular weight is 266 g/mol. The van der Waals surface area contributed by atoms with Crippen molar-refractivity contribution in [1.82, 2.24) is 4.98 Å². The van der Waals surface area contributed by atoms with Crippen LogP contribution >= 0.6 is 0 Å². The van der Waals surface area contributed by atoms with Crippen molar-refractivity contribution in [2.24, 2.45) is 5.92 Å². The van der Waals surface area contributed by atoms with Crippen LogP contribution < -0.4 is 0 Å². The van der Waals surface area contributed by atoms with Crippen LogP contribution in [0.4, 0.5) is 0 Å². The van der Waals surface area contributed by atoms with Crippen LogP contribution in [-0.4, -0.2) is 16.1 Å². The highest BCUT2D eigenvalue weighted by atomic mass is 16.4. The summed E-state index contributed by atoms with van der Waals surface area (Å²) in [5.41, 5.74) is 3.34. The Balaban J connectivity index is 2.19. The SMILES string of the molecule is CC(Cc1ccc(-c2cncc(C#N)c2)cc1)C(=O)O. The number of carbonyl (C=O) groups is 1. The third kappa shape index (κ3) is 3.21. The third-order valence-electron chi connectivity index (χ3n) is 3.12. The summed E-state index contributed by atoms with van der Waals surface area (Å²) >= 11 is 0. The number of aromatic nitrogens is 1. The normalized spacial score (nSPS) is 11.6. The van der Waals surface area contributed by atoms with Gasteiger partial charge in [0.05, 0.1) is 11.5 Å². The van der Waals surface area contributed by atoms with E-state index in [1.54, 1.807) is 19.2 Å². The molecule has 0 saturated carbocycles. The van der Waals surface area contributed by atoms with Gasteiger partial charge in [0.1, 0.15) is 6.07 Å². The van der Waals surface area contributed by atoms with Gasteiger partial charge in [-0.3, -0.25) is 9.78 Å². The van der Waals surface area contributed by atoms with E-state index in [-0.39, 0.29) is 0 Å². The van der Waals surface area contributed by atoms with Crippen molar-refractivity contribution in [1.29, 1.82) is 5.26 Å². The van der Waals surface area contributed by atoms with Crippen molar-refractivity contribution in [3.8, 4) is 17.2 Å². The second kappa shape index (κ2) is 5.98. The van der Waals surface area contributed by atoms with E-state index in [1.165, 1.54) is 6.20 Å². The Bertz CT molecular complexity index is 657. The van der Waals surface area contributed by atoms with Gasteiger partial charge in [0, 0.05) is 18.0 Å². The van der Waals surface area contributed by atoms with Crippen LogP contribution in [0.15, 0.2) is 42.7 Å². The number of rotatable bonds is 4. The molecule has 0 saturated heterocycles. The first kappa shape index (κ1) is 13.8. The summed E-state index contributed by atoms with van der Waals surface area (Å²) in [5, 5.41) is 17.8. The minimum Gasteiger partial charge on any atom is -0.481 e. The smallest absolute Gasteiger partial charge is 0.306 e. The molecule has 4 heteroatoms. The number of pyridine rings is 1. The predicted octanol–water partition coefficient (Wildman–Crippen LogP) is 2.88. The van der Waals surface area contributed by atoms with Gasteiger partial charge in [-0.2, -0.15) is 5.26 Å². The molecule has 0 amide bonds. The van der Waals surface area contributed by atoms with E-state index in [1.807, 2.05) is 24.3 Å². The number of aliphatic carboxylic acids is 1. The van der Waals surface area contributed by atoms with Crippen LogP contribution in [0.5, 0.6) is 0 Å². The lowest BCUT2D eigenvalue weighted by Crippen LogP contribution is -2.12. The highest BCUT2D eigenvalue weighted by molar-refractivity contribution is 5.70. The molecule has 1 N–H and O–H groups in total. The quantitative estimate of drug-likeness (QED) is 0.923. The molecular weight excluding hydrogens is 252 g/mol. The summed E-state index contributed by atoms with van der Waals surface area (Å²) in [5.74, 6) is -1.19. The lowest BCUT2D eigenvalue weighted by molar-refractivity contribution is -0.141. The Kier molecular flexibility index (Phi) is 4.11. The molecule has 0 spiro atoms. The largest absolute Gasteiger partial charge is 0.481 e. The number of nitrogens with zero attached hydrogens (tertiary/aromatic N) is 2. The Labute approximate surface area is 117 Å². The van der Waals surface area contributed by atoms with E-state index >= 15 is 0 Å². The Morgan fingerprint density at radius 3 is 2.60 bits per heavy atom. The van der Waals surface area contributed by atoms with Gasteiger partial charge in [-0.25, -0.2) is 0 Å². The fraction of sp³-hybridized carbons (Fsp3) is 0.188. The van der Waals surface area contributed by atoms with E-state index in [0.29, 0.717) is 12.0 Å². The monoisotopic (exact) mass is 266 g/mol. The van der Waals surface area contributed by atoms with Crippen molar-refractivity contribution < 1.29 is 9.90 Å². The van der Waals surface area contributed by atoms with Crippen LogP contribution in [0.2, 0.25) is 0 Å².